The number of carbonyl (C=O) groups excluding carboxylic acids is 2. The molecule has 64 valence electrons. The van der Waals surface area contributed by atoms with Crippen LogP contribution in [0, 0.1) is 0 Å². The molecule has 0 aromatic carbocycles. The van der Waals surface area contributed by atoms with Gasteiger partial charge in [0.1, 0.15) is 6.29 Å². The Labute approximate surface area is 70.2 Å². The van der Waals surface area contributed by atoms with E-state index in [0.717, 1.165) is 6.29 Å². The summed E-state index contributed by atoms with van der Waals surface area (Å²) in [7, 11) is 1.75. The van der Waals surface area contributed by atoms with Crippen molar-refractivity contribution in [2.75, 3.05) is 0 Å². The van der Waals surface area contributed by atoms with E-state index >= 15 is 0 Å². The Kier molecular flexibility index (Phi) is 2.74. The Hall–Kier alpha value is -1.45. The normalized spacial score (nSPS) is 9.75. The van der Waals surface area contributed by atoms with E-state index in [1.807, 2.05) is 0 Å². The van der Waals surface area contributed by atoms with Gasteiger partial charge in [0.25, 0.3) is 0 Å². The van der Waals surface area contributed by atoms with E-state index < -0.39 is 0 Å². The molecule has 0 saturated heterocycles. The van der Waals surface area contributed by atoms with Crippen molar-refractivity contribution in [3.63, 3.8) is 0 Å². The molecular weight excluding hydrogens is 156 g/mol. The van der Waals surface area contributed by atoms with Crippen molar-refractivity contribution < 1.29 is 9.59 Å². The van der Waals surface area contributed by atoms with Gasteiger partial charge in [-0.2, -0.15) is 5.10 Å². The fourth-order valence-electron chi connectivity index (χ4n) is 0.900. The van der Waals surface area contributed by atoms with Crippen LogP contribution >= 0.6 is 0 Å². The topological polar surface area (TPSA) is 52.0 Å². The number of ketones is 1. The molecular formula is C8H10N2O2. The number of aromatic nitrogens is 2. The van der Waals surface area contributed by atoms with Gasteiger partial charge in [-0.05, 0) is 0 Å². The Morgan fingerprint density at radius 3 is 3.00 bits per heavy atom. The first-order valence-corrected chi connectivity index (χ1v) is 3.69. The lowest BCUT2D eigenvalue weighted by molar-refractivity contribution is -0.107. The predicted molar refractivity (Wildman–Crippen MR) is 42.8 cm³/mol. The Morgan fingerprint density at radius 1 is 1.75 bits per heavy atom. The van der Waals surface area contributed by atoms with Crippen LogP contribution in [0.2, 0.25) is 0 Å². The van der Waals surface area contributed by atoms with Crippen LogP contribution in [0.1, 0.15) is 23.2 Å². The maximum absolute atomic E-state index is 11.2. The minimum Gasteiger partial charge on any atom is -0.303 e. The number of aryl methyl sites for hydroxylation is 1. The summed E-state index contributed by atoms with van der Waals surface area (Å²) in [6.07, 6.45) is 4.46. The molecule has 4 heteroatoms. The number of carbonyl (C=O) groups is 2. The van der Waals surface area contributed by atoms with Crippen LogP contribution in [0.3, 0.4) is 0 Å². The van der Waals surface area contributed by atoms with Gasteiger partial charge in [0.2, 0.25) is 0 Å². The Morgan fingerprint density at radius 2 is 2.50 bits per heavy atom. The number of aldehydes is 1. The van der Waals surface area contributed by atoms with Crippen molar-refractivity contribution in [1.29, 1.82) is 0 Å². The van der Waals surface area contributed by atoms with E-state index in [1.165, 1.54) is 6.20 Å². The lowest BCUT2D eigenvalue weighted by Crippen LogP contribution is -1.97. The highest BCUT2D eigenvalue weighted by Crippen LogP contribution is 2.02. The second kappa shape index (κ2) is 3.80. The summed E-state index contributed by atoms with van der Waals surface area (Å²) in [5.74, 6) is -0.0322. The Balaban J connectivity index is 2.59. The third-order valence-electron chi connectivity index (χ3n) is 1.52. The van der Waals surface area contributed by atoms with Gasteiger partial charge in [-0.1, -0.05) is 0 Å². The van der Waals surface area contributed by atoms with E-state index in [2.05, 4.69) is 5.10 Å². The van der Waals surface area contributed by atoms with Crippen molar-refractivity contribution >= 4 is 12.1 Å². The maximum atomic E-state index is 11.2. The zero-order valence-corrected chi connectivity index (χ0v) is 6.86. The van der Waals surface area contributed by atoms with Gasteiger partial charge in [-0.25, -0.2) is 0 Å². The second-order valence-corrected chi connectivity index (χ2v) is 2.53. The van der Waals surface area contributed by atoms with Gasteiger partial charge in [0, 0.05) is 26.1 Å². The molecule has 1 aromatic heterocycles. The van der Waals surface area contributed by atoms with Crippen molar-refractivity contribution in [2.24, 2.45) is 7.05 Å². The van der Waals surface area contributed by atoms with Crippen LogP contribution in [-0.2, 0) is 11.8 Å². The molecule has 0 N–H and O–H groups in total. The highest BCUT2D eigenvalue weighted by atomic mass is 16.1. The van der Waals surface area contributed by atoms with Gasteiger partial charge in [0.05, 0.1) is 11.8 Å². The zero-order valence-electron chi connectivity index (χ0n) is 6.86. The van der Waals surface area contributed by atoms with E-state index in [4.69, 9.17) is 0 Å². The summed E-state index contributed by atoms with van der Waals surface area (Å²) >= 11 is 0. The molecule has 0 aliphatic heterocycles. The molecule has 0 radical (unpaired) electrons. The van der Waals surface area contributed by atoms with Crippen molar-refractivity contribution in [1.82, 2.24) is 9.78 Å². The van der Waals surface area contributed by atoms with E-state index in [1.54, 1.807) is 17.9 Å². The quantitative estimate of drug-likeness (QED) is 0.485. The highest BCUT2D eigenvalue weighted by Gasteiger charge is 2.06. The minimum atomic E-state index is -0.0322. The first kappa shape index (κ1) is 8.64. The van der Waals surface area contributed by atoms with Crippen LogP contribution in [-0.4, -0.2) is 21.8 Å². The van der Waals surface area contributed by atoms with Crippen LogP contribution in [0.25, 0.3) is 0 Å². The number of nitrogens with zero attached hydrogens (tertiary/aromatic N) is 2. The minimum absolute atomic E-state index is 0.0322. The molecule has 0 aliphatic carbocycles. The maximum Gasteiger partial charge on any atom is 0.166 e. The summed E-state index contributed by atoms with van der Waals surface area (Å²) in [5, 5.41) is 3.85. The smallest absolute Gasteiger partial charge is 0.166 e. The van der Waals surface area contributed by atoms with Gasteiger partial charge < -0.3 is 4.79 Å². The number of hydrogen-bond acceptors (Lipinski definition) is 3. The first-order chi connectivity index (χ1) is 5.74. The van der Waals surface area contributed by atoms with E-state index in [9.17, 15) is 9.59 Å². The van der Waals surface area contributed by atoms with E-state index in [-0.39, 0.29) is 18.6 Å². The van der Waals surface area contributed by atoms with Gasteiger partial charge in [-0.15, -0.1) is 0 Å². The molecule has 0 bridgehead atoms. The van der Waals surface area contributed by atoms with Crippen LogP contribution in [0.4, 0.5) is 0 Å². The highest BCUT2D eigenvalue weighted by molar-refractivity contribution is 5.96. The van der Waals surface area contributed by atoms with Crippen LogP contribution in [0.5, 0.6) is 0 Å². The number of rotatable bonds is 4. The molecule has 4 nitrogen and oxygen atoms in total. The lowest BCUT2D eigenvalue weighted by atomic mass is 10.1. The van der Waals surface area contributed by atoms with Crippen LogP contribution < -0.4 is 0 Å². The monoisotopic (exact) mass is 166 g/mol. The molecule has 1 heterocycles. The summed E-state index contributed by atoms with van der Waals surface area (Å²) in [6.45, 7) is 0. The van der Waals surface area contributed by atoms with Gasteiger partial charge in [0.15, 0.2) is 5.78 Å². The number of Topliss-reactive ketones (excluding diaryl/α,β-unsaturated/α-hetero) is 1. The molecule has 0 amide bonds. The zero-order chi connectivity index (χ0) is 8.97. The lowest BCUT2D eigenvalue weighted by Gasteiger charge is -1.90. The molecule has 0 fully saturated rings. The fourth-order valence-corrected chi connectivity index (χ4v) is 0.900. The average molecular weight is 166 g/mol. The molecule has 0 saturated carbocycles. The third-order valence-corrected chi connectivity index (χ3v) is 1.52. The molecule has 1 aromatic rings. The standard InChI is InChI=1S/C8H10N2O2/c1-10-6-7(5-9-10)8(12)3-2-4-11/h4-6H,2-3H2,1H3. The summed E-state index contributed by atoms with van der Waals surface area (Å²) in [6, 6.07) is 0. The van der Waals surface area contributed by atoms with Gasteiger partial charge >= 0.3 is 0 Å². The molecule has 0 aliphatic rings. The SMILES string of the molecule is Cn1cc(C(=O)CCC=O)cn1. The number of hydrogen-bond donors (Lipinski definition) is 0. The average Bonchev–Trinajstić information content (AvgIpc) is 2.47. The third kappa shape index (κ3) is 2.02. The van der Waals surface area contributed by atoms with Crippen molar-refractivity contribution in [3.05, 3.63) is 18.0 Å². The van der Waals surface area contributed by atoms with Gasteiger partial charge in [-0.3, -0.25) is 9.48 Å². The van der Waals surface area contributed by atoms with Crippen molar-refractivity contribution in [2.45, 2.75) is 12.8 Å². The molecule has 0 unspecified atom stereocenters. The Bertz CT molecular complexity index is 291. The summed E-state index contributed by atoms with van der Waals surface area (Å²) in [4.78, 5) is 21.2. The second-order valence-electron chi connectivity index (χ2n) is 2.53. The summed E-state index contributed by atoms with van der Waals surface area (Å²) < 4.78 is 1.56. The molecule has 0 spiro atoms. The molecule has 12 heavy (non-hydrogen) atoms. The van der Waals surface area contributed by atoms with Crippen LogP contribution in [0.15, 0.2) is 12.4 Å². The first-order valence-electron chi connectivity index (χ1n) is 3.69. The summed E-state index contributed by atoms with van der Waals surface area (Å²) in [5.41, 5.74) is 0.569. The van der Waals surface area contributed by atoms with Crippen molar-refractivity contribution in [3.8, 4) is 0 Å². The van der Waals surface area contributed by atoms with E-state index in [0.29, 0.717) is 5.56 Å². The molecule has 0 atom stereocenters. The predicted octanol–water partition coefficient (Wildman–Crippen LogP) is 0.582. The largest absolute Gasteiger partial charge is 0.303 e. The fraction of sp³-hybridized carbons (Fsp3) is 0.375. The molecule has 1 rings (SSSR count).